The molecule has 0 aliphatic rings. The summed E-state index contributed by atoms with van der Waals surface area (Å²) in [7, 11) is 0. The van der Waals surface area contributed by atoms with Gasteiger partial charge in [-0.3, -0.25) is 9.59 Å². The molecule has 0 aromatic heterocycles. The Labute approximate surface area is 100.0 Å². The smallest absolute Gasteiger partial charge is 0.301 e. The summed E-state index contributed by atoms with van der Waals surface area (Å²) in [6.45, 7) is 0. The number of carbonyl (C=O) groups is 2. The molecule has 5 nitrogen and oxygen atoms in total. The van der Waals surface area contributed by atoms with E-state index in [-0.39, 0.29) is 38.4 Å². The zero-order chi connectivity index (χ0) is 9.84. The second-order valence-corrected chi connectivity index (χ2v) is 2.22. The first-order valence-corrected chi connectivity index (χ1v) is 3.30. The number of aromatic carboxylic acids is 1. The van der Waals surface area contributed by atoms with Gasteiger partial charge in [-0.25, -0.2) is 0 Å². The Kier molecular flexibility index (Phi) is 5.31. The summed E-state index contributed by atoms with van der Waals surface area (Å²) >= 11 is 0. The van der Waals surface area contributed by atoms with E-state index in [4.69, 9.17) is 5.11 Å². The van der Waals surface area contributed by atoms with Crippen molar-refractivity contribution in [3.8, 4) is 0 Å². The molecule has 0 amide bonds. The Morgan fingerprint density at radius 2 is 1.93 bits per heavy atom. The first-order chi connectivity index (χ1) is 6.15. The van der Waals surface area contributed by atoms with Gasteiger partial charge >= 0.3 is 5.97 Å². The molecule has 0 aliphatic heterocycles. The van der Waals surface area contributed by atoms with Crippen molar-refractivity contribution in [2.24, 2.45) is 5.90 Å². The molecule has 0 bridgehead atoms. The van der Waals surface area contributed by atoms with E-state index in [1.807, 2.05) is 0 Å². The number of carboxylic acid groups (broad SMARTS) is 1. The van der Waals surface area contributed by atoms with E-state index in [0.717, 1.165) is 6.07 Å². The third-order valence-corrected chi connectivity index (χ3v) is 1.38. The van der Waals surface area contributed by atoms with Crippen molar-refractivity contribution in [1.82, 2.24) is 0 Å². The molecule has 1 aromatic carbocycles. The van der Waals surface area contributed by atoms with E-state index < -0.39 is 11.9 Å². The van der Waals surface area contributed by atoms with Crippen molar-refractivity contribution >= 4 is 11.9 Å². The second-order valence-electron chi connectivity index (χ2n) is 2.22. The van der Waals surface area contributed by atoms with Crippen LogP contribution in [-0.2, 0) is 32.1 Å². The summed E-state index contributed by atoms with van der Waals surface area (Å²) in [4.78, 5) is 25.2. The van der Waals surface area contributed by atoms with Crippen LogP contribution in [0.3, 0.4) is 0 Å². The van der Waals surface area contributed by atoms with E-state index in [0.29, 0.717) is 0 Å². The average Bonchev–Trinajstić information content (AvgIpc) is 2.17. The third kappa shape index (κ3) is 3.07. The predicted octanol–water partition coefficient (Wildman–Crippen LogP) is 0.213. The number of hydrogen-bond acceptors (Lipinski definition) is 4. The Hall–Kier alpha value is -0.958. The molecule has 0 aliphatic carbocycles. The van der Waals surface area contributed by atoms with Gasteiger partial charge in [-0.05, 0) is 11.1 Å². The van der Waals surface area contributed by atoms with Gasteiger partial charge in [0.1, 0.15) is 0 Å². The van der Waals surface area contributed by atoms with Gasteiger partial charge in [0, 0.05) is 27.3 Å². The van der Waals surface area contributed by atoms with Gasteiger partial charge in [0.05, 0.1) is 0 Å². The van der Waals surface area contributed by atoms with Gasteiger partial charge in [0.2, 0.25) is 0 Å². The fourth-order valence-corrected chi connectivity index (χ4v) is 0.781. The van der Waals surface area contributed by atoms with Crippen molar-refractivity contribution in [2.75, 3.05) is 0 Å². The van der Waals surface area contributed by atoms with Crippen LogP contribution in [0.1, 0.15) is 20.7 Å². The number of benzene rings is 1. The van der Waals surface area contributed by atoms with E-state index >= 15 is 0 Å². The fraction of sp³-hybridized carbons (Fsp3) is 0. The number of nitrogens with two attached hydrogens (primary N) is 1. The second kappa shape index (κ2) is 5.71. The van der Waals surface area contributed by atoms with Crippen LogP contribution in [-0.4, -0.2) is 17.0 Å². The molecule has 6 heteroatoms. The Bertz CT molecular complexity index is 353. The van der Waals surface area contributed by atoms with Gasteiger partial charge in [-0.15, -0.1) is 6.07 Å². The minimum Gasteiger partial charge on any atom is -0.487 e. The number of rotatable bonds is 2. The normalized spacial score (nSPS) is 8.64. The fourth-order valence-electron chi connectivity index (χ4n) is 0.781. The van der Waals surface area contributed by atoms with Gasteiger partial charge in [0.25, 0.3) is 5.97 Å². The van der Waals surface area contributed by atoms with Crippen molar-refractivity contribution < 1.29 is 46.8 Å². The van der Waals surface area contributed by atoms with Crippen LogP contribution < -0.4 is 5.90 Å². The maximum atomic E-state index is 10.8. The van der Waals surface area contributed by atoms with E-state index in [9.17, 15) is 9.59 Å². The molecule has 1 aromatic rings. The maximum Gasteiger partial charge on any atom is 0.301 e. The van der Waals surface area contributed by atoms with Gasteiger partial charge in [-0.2, -0.15) is 24.1 Å². The molecular formula is C8H6CdNO4-. The summed E-state index contributed by atoms with van der Waals surface area (Å²) in [5.74, 6) is 2.69. The molecule has 0 spiro atoms. The molecule has 70 valence electrons. The van der Waals surface area contributed by atoms with Crippen LogP contribution in [0.25, 0.3) is 0 Å². The monoisotopic (exact) mass is 294 g/mol. The molecule has 0 fully saturated rings. The first kappa shape index (κ1) is 13.0. The van der Waals surface area contributed by atoms with Crippen LogP contribution in [0, 0.1) is 6.07 Å². The van der Waals surface area contributed by atoms with E-state index in [1.165, 1.54) is 12.1 Å². The van der Waals surface area contributed by atoms with Gasteiger partial charge in [-0.1, -0.05) is 0 Å². The van der Waals surface area contributed by atoms with Crippen molar-refractivity contribution in [1.29, 1.82) is 0 Å². The van der Waals surface area contributed by atoms with Crippen LogP contribution in [0.5, 0.6) is 0 Å². The molecule has 0 saturated heterocycles. The van der Waals surface area contributed by atoms with E-state index in [1.54, 1.807) is 0 Å². The Morgan fingerprint density at radius 3 is 2.43 bits per heavy atom. The zero-order valence-corrected chi connectivity index (χ0v) is 11.2. The van der Waals surface area contributed by atoms with Crippen molar-refractivity contribution in [2.45, 2.75) is 0 Å². The number of carboxylic acids is 1. The average molecular weight is 293 g/mol. The molecule has 1 rings (SSSR count). The standard InChI is InChI=1S/C8H6NO4.Cd/c9-13-8(12)6-3-1-2-5(4-6)7(10)11;/h2-4H,9H2,(H,10,11);/q-1;. The topological polar surface area (TPSA) is 89.6 Å². The molecule has 0 saturated carbocycles. The minimum absolute atomic E-state index is 0. The third-order valence-electron chi connectivity index (χ3n) is 1.38. The zero-order valence-electron chi connectivity index (χ0n) is 7.19. The van der Waals surface area contributed by atoms with E-state index in [2.05, 4.69) is 16.8 Å². The largest absolute Gasteiger partial charge is 0.487 e. The molecule has 3 N–H and O–H groups in total. The first-order valence-electron chi connectivity index (χ1n) is 3.30. The predicted molar refractivity (Wildman–Crippen MR) is 41.8 cm³/mol. The van der Waals surface area contributed by atoms with Crippen LogP contribution >= 0.6 is 0 Å². The SMILES string of the molecule is NOC(=O)c1c[c-]cc(C(=O)O)c1.[Cd]. The Balaban J connectivity index is 0.00000169. The quantitative estimate of drug-likeness (QED) is 0.462. The molecular weight excluding hydrogens is 287 g/mol. The molecule has 0 unspecified atom stereocenters. The van der Waals surface area contributed by atoms with Gasteiger partial charge in [0.15, 0.2) is 0 Å². The summed E-state index contributed by atoms with van der Waals surface area (Å²) in [5.41, 5.74) is 0.0188. The van der Waals surface area contributed by atoms with Crippen LogP contribution in [0.15, 0.2) is 18.2 Å². The van der Waals surface area contributed by atoms with Crippen LogP contribution in [0.2, 0.25) is 0 Å². The van der Waals surface area contributed by atoms with Crippen LogP contribution in [0.4, 0.5) is 0 Å². The van der Waals surface area contributed by atoms with Crippen molar-refractivity contribution in [3.63, 3.8) is 0 Å². The summed E-state index contributed by atoms with van der Waals surface area (Å²) < 4.78 is 0. The summed E-state index contributed by atoms with van der Waals surface area (Å²) in [6, 6.07) is 6.19. The number of hydrogen-bond donors (Lipinski definition) is 2. The molecule has 14 heavy (non-hydrogen) atoms. The maximum absolute atomic E-state index is 10.8. The molecule has 0 radical (unpaired) electrons. The molecule has 0 heterocycles. The van der Waals surface area contributed by atoms with Gasteiger partial charge < -0.3 is 9.94 Å². The number of carbonyl (C=O) groups excluding carboxylic acids is 1. The Morgan fingerprint density at radius 1 is 1.36 bits per heavy atom. The summed E-state index contributed by atoms with van der Waals surface area (Å²) in [5, 5.41) is 8.56. The van der Waals surface area contributed by atoms with Crippen molar-refractivity contribution in [3.05, 3.63) is 35.4 Å². The molecule has 0 atom stereocenters. The minimum atomic E-state index is -1.14. The summed E-state index contributed by atoms with van der Waals surface area (Å²) in [6.07, 6.45) is 0.